The van der Waals surface area contributed by atoms with E-state index in [-0.39, 0.29) is 27.4 Å². The largest absolute Gasteiger partial charge is 0.462 e. The minimum absolute atomic E-state index is 0.0416. The van der Waals surface area contributed by atoms with Crippen molar-refractivity contribution in [3.8, 4) is 0 Å². The molecule has 1 amide bonds. The van der Waals surface area contributed by atoms with E-state index in [0.717, 1.165) is 11.8 Å². The molecule has 0 radical (unpaired) electrons. The Morgan fingerprint density at radius 3 is 2.47 bits per heavy atom. The number of halogens is 3. The number of ether oxygens (including phenoxy) is 2. The first-order valence-electron chi connectivity index (χ1n) is 8.89. The highest BCUT2D eigenvalue weighted by Crippen LogP contribution is 2.32. The summed E-state index contributed by atoms with van der Waals surface area (Å²) in [5.74, 6) is -1.79. The number of hydrogen-bond donors (Lipinski definition) is 1. The fourth-order valence-corrected chi connectivity index (χ4v) is 3.99. The van der Waals surface area contributed by atoms with Crippen LogP contribution in [0.25, 0.3) is 0 Å². The Morgan fingerprint density at radius 1 is 1.13 bits per heavy atom. The van der Waals surface area contributed by atoms with Crippen molar-refractivity contribution in [2.24, 2.45) is 5.92 Å². The number of pyridine rings is 1. The Hall–Kier alpha value is -1.87. The SMILES string of the molecule is CCOC(=O)c1c(CC(C)C)csc1NC(=O)COC(=O)c1ncc(Cl)c(Cl)c1Cl. The van der Waals surface area contributed by atoms with E-state index in [2.05, 4.69) is 10.3 Å². The number of thiophene rings is 1. The summed E-state index contributed by atoms with van der Waals surface area (Å²) in [5, 5.41) is 4.58. The van der Waals surface area contributed by atoms with Crippen molar-refractivity contribution in [3.63, 3.8) is 0 Å². The first kappa shape index (κ1) is 24.4. The average molecular weight is 494 g/mol. The van der Waals surface area contributed by atoms with Crippen LogP contribution in [0.15, 0.2) is 11.6 Å². The van der Waals surface area contributed by atoms with Crippen molar-refractivity contribution in [1.82, 2.24) is 4.98 Å². The zero-order valence-electron chi connectivity index (χ0n) is 16.4. The van der Waals surface area contributed by atoms with Crippen LogP contribution in [0.2, 0.25) is 15.1 Å². The number of nitrogens with zero attached hydrogens (tertiary/aromatic N) is 1. The standard InChI is InChI=1S/C19H19Cl3N2O5S/c1-4-28-18(26)13-10(5-9(2)3)8-30-17(13)24-12(25)7-29-19(27)16-15(22)14(21)11(20)6-23-16/h6,8-9H,4-5,7H2,1-3H3,(H,24,25). The molecular weight excluding hydrogens is 475 g/mol. The van der Waals surface area contributed by atoms with Gasteiger partial charge in [-0.05, 0) is 30.2 Å². The number of hydrogen-bond acceptors (Lipinski definition) is 7. The van der Waals surface area contributed by atoms with Gasteiger partial charge in [0.15, 0.2) is 12.3 Å². The molecule has 0 aliphatic heterocycles. The summed E-state index contributed by atoms with van der Waals surface area (Å²) in [6.07, 6.45) is 1.80. The van der Waals surface area contributed by atoms with Crippen molar-refractivity contribution in [2.75, 3.05) is 18.5 Å². The van der Waals surface area contributed by atoms with Gasteiger partial charge in [-0.3, -0.25) is 4.79 Å². The van der Waals surface area contributed by atoms with Crippen LogP contribution in [0.5, 0.6) is 0 Å². The zero-order valence-corrected chi connectivity index (χ0v) is 19.5. The average Bonchev–Trinajstić information content (AvgIpc) is 3.05. The third-order valence-corrected chi connectivity index (χ3v) is 5.86. The molecule has 0 saturated carbocycles. The summed E-state index contributed by atoms with van der Waals surface area (Å²) in [6.45, 7) is 5.33. The molecule has 2 aromatic heterocycles. The van der Waals surface area contributed by atoms with Gasteiger partial charge in [0.25, 0.3) is 5.91 Å². The van der Waals surface area contributed by atoms with Crippen molar-refractivity contribution < 1.29 is 23.9 Å². The summed E-state index contributed by atoms with van der Waals surface area (Å²) >= 11 is 18.8. The number of rotatable bonds is 8. The predicted octanol–water partition coefficient (Wildman–Crippen LogP) is 5.27. The van der Waals surface area contributed by atoms with Crippen LogP contribution in [-0.4, -0.2) is 36.0 Å². The van der Waals surface area contributed by atoms with Gasteiger partial charge in [0, 0.05) is 6.20 Å². The molecule has 0 spiro atoms. The van der Waals surface area contributed by atoms with Gasteiger partial charge < -0.3 is 14.8 Å². The molecule has 0 aliphatic rings. The van der Waals surface area contributed by atoms with E-state index in [1.165, 1.54) is 11.3 Å². The van der Waals surface area contributed by atoms with Crippen LogP contribution in [0.4, 0.5) is 5.00 Å². The highest BCUT2D eigenvalue weighted by Gasteiger charge is 2.23. The van der Waals surface area contributed by atoms with Crippen molar-refractivity contribution in [2.45, 2.75) is 27.2 Å². The van der Waals surface area contributed by atoms with Crippen LogP contribution >= 0.6 is 46.1 Å². The lowest BCUT2D eigenvalue weighted by molar-refractivity contribution is -0.119. The van der Waals surface area contributed by atoms with Crippen LogP contribution < -0.4 is 5.32 Å². The van der Waals surface area contributed by atoms with E-state index >= 15 is 0 Å². The molecule has 0 saturated heterocycles. The van der Waals surface area contributed by atoms with E-state index < -0.39 is 24.5 Å². The number of nitrogens with one attached hydrogen (secondary N) is 1. The maximum Gasteiger partial charge on any atom is 0.359 e. The van der Waals surface area contributed by atoms with E-state index in [1.54, 1.807) is 12.3 Å². The maximum absolute atomic E-state index is 12.4. The maximum atomic E-state index is 12.4. The molecule has 0 bridgehead atoms. The van der Waals surface area contributed by atoms with E-state index in [4.69, 9.17) is 44.3 Å². The van der Waals surface area contributed by atoms with Crippen molar-refractivity contribution in [1.29, 1.82) is 0 Å². The van der Waals surface area contributed by atoms with Crippen LogP contribution in [0.1, 0.15) is 47.2 Å². The van der Waals surface area contributed by atoms with Gasteiger partial charge in [0.05, 0.1) is 27.2 Å². The summed E-state index contributed by atoms with van der Waals surface area (Å²) in [5.41, 5.74) is 0.832. The van der Waals surface area contributed by atoms with E-state index in [9.17, 15) is 14.4 Å². The van der Waals surface area contributed by atoms with Crippen LogP contribution in [0.3, 0.4) is 0 Å². The van der Waals surface area contributed by atoms with Crippen molar-refractivity contribution >= 4 is 69.0 Å². The van der Waals surface area contributed by atoms with Gasteiger partial charge in [-0.25, -0.2) is 14.6 Å². The number of carbonyl (C=O) groups is 3. The summed E-state index contributed by atoms with van der Waals surface area (Å²) in [7, 11) is 0. The summed E-state index contributed by atoms with van der Waals surface area (Å²) in [4.78, 5) is 40.6. The molecule has 1 N–H and O–H groups in total. The Morgan fingerprint density at radius 2 is 1.83 bits per heavy atom. The lowest BCUT2D eigenvalue weighted by Gasteiger charge is -2.10. The second-order valence-electron chi connectivity index (χ2n) is 6.49. The number of amides is 1. The fraction of sp³-hybridized carbons (Fsp3) is 0.368. The van der Waals surface area contributed by atoms with E-state index in [0.29, 0.717) is 22.9 Å². The molecular formula is C19H19Cl3N2O5S. The smallest absolute Gasteiger partial charge is 0.359 e. The number of esters is 2. The normalized spacial score (nSPS) is 10.8. The molecule has 0 aromatic carbocycles. The second kappa shape index (κ2) is 10.9. The second-order valence-corrected chi connectivity index (χ2v) is 8.53. The Kier molecular flexibility index (Phi) is 8.91. The molecule has 0 aliphatic carbocycles. The summed E-state index contributed by atoms with van der Waals surface area (Å²) in [6, 6.07) is 0. The third kappa shape index (κ3) is 6.07. The zero-order chi connectivity index (χ0) is 22.4. The lowest BCUT2D eigenvalue weighted by Crippen LogP contribution is -2.22. The first-order chi connectivity index (χ1) is 14.1. The monoisotopic (exact) mass is 492 g/mol. The van der Waals surface area contributed by atoms with E-state index in [1.807, 2.05) is 13.8 Å². The van der Waals surface area contributed by atoms with Gasteiger partial charge in [0.1, 0.15) is 5.00 Å². The van der Waals surface area contributed by atoms with Gasteiger partial charge in [-0.1, -0.05) is 48.7 Å². The van der Waals surface area contributed by atoms with Crippen LogP contribution in [-0.2, 0) is 20.7 Å². The van der Waals surface area contributed by atoms with Gasteiger partial charge >= 0.3 is 11.9 Å². The third-order valence-electron chi connectivity index (χ3n) is 3.67. The number of anilines is 1. The van der Waals surface area contributed by atoms with Gasteiger partial charge in [-0.15, -0.1) is 11.3 Å². The number of carbonyl (C=O) groups excluding carboxylic acids is 3. The highest BCUT2D eigenvalue weighted by molar-refractivity contribution is 7.15. The van der Waals surface area contributed by atoms with Gasteiger partial charge in [0.2, 0.25) is 0 Å². The molecule has 0 atom stereocenters. The molecule has 2 rings (SSSR count). The molecule has 0 fully saturated rings. The molecule has 11 heteroatoms. The molecule has 7 nitrogen and oxygen atoms in total. The lowest BCUT2D eigenvalue weighted by atomic mass is 10.0. The summed E-state index contributed by atoms with van der Waals surface area (Å²) < 4.78 is 10.1. The van der Waals surface area contributed by atoms with Crippen LogP contribution in [0, 0.1) is 5.92 Å². The highest BCUT2D eigenvalue weighted by atomic mass is 35.5. The Balaban J connectivity index is 2.09. The topological polar surface area (TPSA) is 94.6 Å². The fourth-order valence-electron chi connectivity index (χ4n) is 2.45. The molecule has 2 heterocycles. The first-order valence-corrected chi connectivity index (χ1v) is 10.9. The molecule has 30 heavy (non-hydrogen) atoms. The number of aromatic nitrogens is 1. The molecule has 162 valence electrons. The molecule has 2 aromatic rings. The minimum atomic E-state index is -0.939. The predicted molar refractivity (Wildman–Crippen MR) is 117 cm³/mol. The van der Waals surface area contributed by atoms with Crippen molar-refractivity contribution in [3.05, 3.63) is 43.5 Å². The Labute approximate surface area is 192 Å². The Bertz CT molecular complexity index is 962. The van der Waals surface area contributed by atoms with Gasteiger partial charge in [-0.2, -0.15) is 0 Å². The quantitative estimate of drug-likeness (QED) is 0.503. The minimum Gasteiger partial charge on any atom is -0.462 e. The molecule has 0 unspecified atom stereocenters.